The topological polar surface area (TPSA) is 66.9 Å². The molecule has 0 radical (unpaired) electrons. The van der Waals surface area contributed by atoms with Crippen molar-refractivity contribution in [3.8, 4) is 0 Å². The number of amides is 1. The third-order valence-corrected chi connectivity index (χ3v) is 3.07. The first-order chi connectivity index (χ1) is 10.4. The lowest BCUT2D eigenvalue weighted by Gasteiger charge is -2.10. The summed E-state index contributed by atoms with van der Waals surface area (Å²) in [6, 6.07) is 9.67. The first-order valence-corrected chi connectivity index (χ1v) is 7.41. The zero-order valence-corrected chi connectivity index (χ0v) is 13.5. The highest BCUT2D eigenvalue weighted by Crippen LogP contribution is 2.16. The van der Waals surface area contributed by atoms with Gasteiger partial charge in [0.15, 0.2) is 0 Å². The van der Waals surface area contributed by atoms with Crippen LogP contribution in [0.15, 0.2) is 30.3 Å². The maximum atomic E-state index is 12.1. The van der Waals surface area contributed by atoms with Crippen molar-refractivity contribution in [1.29, 1.82) is 0 Å². The second kappa shape index (κ2) is 7.02. The molecule has 116 valence electrons. The molecule has 1 aromatic heterocycles. The molecule has 1 heterocycles. The van der Waals surface area contributed by atoms with E-state index in [1.807, 2.05) is 31.2 Å². The second-order valence-corrected chi connectivity index (χ2v) is 5.78. The van der Waals surface area contributed by atoms with E-state index in [1.54, 1.807) is 13.0 Å². The summed E-state index contributed by atoms with van der Waals surface area (Å²) in [7, 11) is 0. The molecule has 5 nitrogen and oxygen atoms in total. The molecule has 1 aromatic carbocycles. The van der Waals surface area contributed by atoms with E-state index in [-0.39, 0.29) is 5.91 Å². The van der Waals surface area contributed by atoms with Crippen LogP contribution in [0.1, 0.15) is 35.7 Å². The molecule has 0 fully saturated rings. The van der Waals surface area contributed by atoms with Crippen LogP contribution < -0.4 is 10.6 Å². The summed E-state index contributed by atoms with van der Waals surface area (Å²) in [6.45, 7) is 8.55. The molecule has 2 N–H and O–H groups in total. The van der Waals surface area contributed by atoms with Gasteiger partial charge in [0.25, 0.3) is 5.91 Å². The Morgan fingerprint density at radius 3 is 2.45 bits per heavy atom. The lowest BCUT2D eigenvalue weighted by atomic mass is 10.2. The Balaban J connectivity index is 2.15. The van der Waals surface area contributed by atoms with Crippen LogP contribution >= 0.6 is 0 Å². The first kappa shape index (κ1) is 15.9. The maximum absolute atomic E-state index is 12.1. The quantitative estimate of drug-likeness (QED) is 0.889. The van der Waals surface area contributed by atoms with Crippen molar-refractivity contribution in [1.82, 2.24) is 15.3 Å². The number of nitrogens with one attached hydrogen (secondary N) is 2. The van der Waals surface area contributed by atoms with Crippen molar-refractivity contribution in [3.63, 3.8) is 0 Å². The predicted octanol–water partition coefficient (Wildman–Crippen LogP) is 3.22. The Hall–Kier alpha value is -2.43. The van der Waals surface area contributed by atoms with Gasteiger partial charge >= 0.3 is 0 Å². The summed E-state index contributed by atoms with van der Waals surface area (Å²) in [6.07, 6.45) is 0. The van der Waals surface area contributed by atoms with E-state index in [2.05, 4.69) is 34.4 Å². The maximum Gasteiger partial charge on any atom is 0.270 e. The van der Waals surface area contributed by atoms with Crippen molar-refractivity contribution in [2.45, 2.75) is 27.7 Å². The minimum Gasteiger partial charge on any atom is -0.350 e. The molecule has 0 aliphatic carbocycles. The number of aromatic nitrogens is 2. The van der Waals surface area contributed by atoms with E-state index in [0.717, 1.165) is 5.69 Å². The summed E-state index contributed by atoms with van der Waals surface area (Å²) in [5.41, 5.74) is 2.50. The largest absolute Gasteiger partial charge is 0.350 e. The molecule has 2 rings (SSSR count). The molecule has 0 atom stereocenters. The van der Waals surface area contributed by atoms with Crippen LogP contribution in [0, 0.1) is 19.8 Å². The Morgan fingerprint density at radius 2 is 1.82 bits per heavy atom. The summed E-state index contributed by atoms with van der Waals surface area (Å²) >= 11 is 0. The Bertz CT molecular complexity index is 650. The summed E-state index contributed by atoms with van der Waals surface area (Å²) < 4.78 is 0. The van der Waals surface area contributed by atoms with E-state index in [9.17, 15) is 4.79 Å². The number of carbonyl (C=O) groups is 1. The number of benzene rings is 1. The fourth-order valence-electron chi connectivity index (χ4n) is 1.92. The molecule has 0 aliphatic rings. The number of anilines is 2. The van der Waals surface area contributed by atoms with Crippen LogP contribution in [0.25, 0.3) is 0 Å². The minimum absolute atomic E-state index is 0.175. The molecular weight excluding hydrogens is 276 g/mol. The zero-order chi connectivity index (χ0) is 16.1. The monoisotopic (exact) mass is 298 g/mol. The summed E-state index contributed by atoms with van der Waals surface area (Å²) in [4.78, 5) is 20.7. The highest BCUT2D eigenvalue weighted by molar-refractivity contribution is 5.93. The van der Waals surface area contributed by atoms with Gasteiger partial charge in [-0.3, -0.25) is 4.79 Å². The smallest absolute Gasteiger partial charge is 0.270 e. The standard InChI is InChI=1S/C17H22N4O/c1-11(2)10-18-17(22)15-9-16(20-13(4)19-15)21-14-7-5-12(3)6-8-14/h5-9,11H,10H2,1-4H3,(H,18,22)(H,19,20,21). The third kappa shape index (κ3) is 4.55. The van der Waals surface area contributed by atoms with E-state index < -0.39 is 0 Å². The fraction of sp³-hybridized carbons (Fsp3) is 0.353. The highest BCUT2D eigenvalue weighted by Gasteiger charge is 2.11. The van der Waals surface area contributed by atoms with Crippen LogP contribution in [0.4, 0.5) is 11.5 Å². The zero-order valence-electron chi connectivity index (χ0n) is 13.5. The van der Waals surface area contributed by atoms with E-state index in [1.165, 1.54) is 5.56 Å². The van der Waals surface area contributed by atoms with Gasteiger partial charge in [0.05, 0.1) is 0 Å². The molecule has 0 saturated heterocycles. The average molecular weight is 298 g/mol. The van der Waals surface area contributed by atoms with Crippen LogP contribution in [0.3, 0.4) is 0 Å². The van der Waals surface area contributed by atoms with Gasteiger partial charge in [-0.2, -0.15) is 0 Å². The van der Waals surface area contributed by atoms with Crippen LogP contribution in [0.5, 0.6) is 0 Å². The van der Waals surface area contributed by atoms with Gasteiger partial charge in [-0.15, -0.1) is 0 Å². The van der Waals surface area contributed by atoms with Gasteiger partial charge in [-0.1, -0.05) is 31.5 Å². The average Bonchev–Trinajstić information content (AvgIpc) is 2.46. The fourth-order valence-corrected chi connectivity index (χ4v) is 1.92. The van der Waals surface area contributed by atoms with Gasteiger partial charge in [-0.25, -0.2) is 9.97 Å². The van der Waals surface area contributed by atoms with Gasteiger partial charge in [0.2, 0.25) is 0 Å². The summed E-state index contributed by atoms with van der Waals surface area (Å²) in [5, 5.41) is 6.07. The second-order valence-electron chi connectivity index (χ2n) is 5.78. The normalized spacial score (nSPS) is 10.6. The van der Waals surface area contributed by atoms with E-state index in [4.69, 9.17) is 0 Å². The third-order valence-electron chi connectivity index (χ3n) is 3.07. The predicted molar refractivity (Wildman–Crippen MR) is 88.4 cm³/mol. The molecular formula is C17H22N4O. The van der Waals surface area contributed by atoms with Crippen molar-refractivity contribution in [2.24, 2.45) is 5.92 Å². The minimum atomic E-state index is -0.175. The molecule has 0 bridgehead atoms. The number of aryl methyl sites for hydroxylation is 2. The number of nitrogens with zero attached hydrogens (tertiary/aromatic N) is 2. The van der Waals surface area contributed by atoms with E-state index >= 15 is 0 Å². The van der Waals surface area contributed by atoms with E-state index in [0.29, 0.717) is 29.8 Å². The van der Waals surface area contributed by atoms with Crippen molar-refractivity contribution >= 4 is 17.4 Å². The van der Waals surface area contributed by atoms with Crippen molar-refractivity contribution < 1.29 is 4.79 Å². The first-order valence-electron chi connectivity index (χ1n) is 7.41. The number of rotatable bonds is 5. The van der Waals surface area contributed by atoms with Crippen molar-refractivity contribution in [3.05, 3.63) is 47.4 Å². The van der Waals surface area contributed by atoms with Gasteiger partial charge in [0, 0.05) is 18.3 Å². The lowest BCUT2D eigenvalue weighted by Crippen LogP contribution is -2.28. The molecule has 5 heteroatoms. The molecule has 0 saturated carbocycles. The lowest BCUT2D eigenvalue weighted by molar-refractivity contribution is 0.0943. The Morgan fingerprint density at radius 1 is 1.14 bits per heavy atom. The van der Waals surface area contributed by atoms with Crippen LogP contribution in [-0.4, -0.2) is 22.4 Å². The van der Waals surface area contributed by atoms with Gasteiger partial charge < -0.3 is 10.6 Å². The van der Waals surface area contributed by atoms with Gasteiger partial charge in [-0.05, 0) is 31.9 Å². The SMILES string of the molecule is Cc1ccc(Nc2cc(C(=O)NCC(C)C)nc(C)n2)cc1. The summed E-state index contributed by atoms with van der Waals surface area (Å²) in [5.74, 6) is 1.40. The molecule has 0 unspecified atom stereocenters. The van der Waals surface area contributed by atoms with Crippen molar-refractivity contribution in [2.75, 3.05) is 11.9 Å². The number of hydrogen-bond donors (Lipinski definition) is 2. The molecule has 0 spiro atoms. The molecule has 1 amide bonds. The van der Waals surface area contributed by atoms with Crippen LogP contribution in [-0.2, 0) is 0 Å². The Labute approximate surface area is 131 Å². The molecule has 0 aliphatic heterocycles. The number of carbonyl (C=O) groups excluding carboxylic acids is 1. The molecule has 22 heavy (non-hydrogen) atoms. The Kier molecular flexibility index (Phi) is 5.09. The highest BCUT2D eigenvalue weighted by atomic mass is 16.1. The van der Waals surface area contributed by atoms with Gasteiger partial charge in [0.1, 0.15) is 17.3 Å². The molecule has 2 aromatic rings. The van der Waals surface area contributed by atoms with Crippen LogP contribution in [0.2, 0.25) is 0 Å². The number of hydrogen-bond acceptors (Lipinski definition) is 4.